The molecule has 0 amide bonds. The summed E-state index contributed by atoms with van der Waals surface area (Å²) in [5.41, 5.74) is 0.656. The van der Waals surface area contributed by atoms with Crippen LogP contribution in [0.1, 0.15) is 16.1 Å². The number of methoxy groups -OCH3 is 2. The van der Waals surface area contributed by atoms with E-state index in [1.807, 2.05) is 0 Å². The van der Waals surface area contributed by atoms with Crippen LogP contribution in [0.3, 0.4) is 0 Å². The zero-order valence-corrected chi connectivity index (χ0v) is 11.1. The number of rotatable bonds is 4. The van der Waals surface area contributed by atoms with Crippen LogP contribution in [0.5, 0.6) is 11.5 Å². The van der Waals surface area contributed by atoms with Gasteiger partial charge in [-0.1, -0.05) is 5.16 Å². The quantitative estimate of drug-likeness (QED) is 0.927. The van der Waals surface area contributed by atoms with E-state index in [9.17, 15) is 9.18 Å². The fourth-order valence-electron chi connectivity index (χ4n) is 1.91. The Kier molecular flexibility index (Phi) is 3.60. The van der Waals surface area contributed by atoms with Gasteiger partial charge in [-0.25, -0.2) is 9.18 Å². The smallest absolute Gasteiger partial charge is 0.358 e. The Morgan fingerprint density at radius 3 is 2.45 bits per heavy atom. The number of carboxylic acids is 1. The highest BCUT2D eigenvalue weighted by Gasteiger charge is 2.23. The van der Waals surface area contributed by atoms with Gasteiger partial charge in [0.2, 0.25) is 0 Å². The topological polar surface area (TPSA) is 81.8 Å². The van der Waals surface area contributed by atoms with Crippen LogP contribution < -0.4 is 9.47 Å². The lowest BCUT2D eigenvalue weighted by atomic mass is 10.0. The molecule has 20 heavy (non-hydrogen) atoms. The molecule has 0 bridgehead atoms. The zero-order chi connectivity index (χ0) is 14.9. The second-order valence-electron chi connectivity index (χ2n) is 4.00. The third kappa shape index (κ3) is 2.18. The van der Waals surface area contributed by atoms with Crippen LogP contribution in [0, 0.1) is 12.7 Å². The molecule has 0 radical (unpaired) electrons. The van der Waals surface area contributed by atoms with Gasteiger partial charge >= 0.3 is 5.97 Å². The molecule has 106 valence electrons. The Balaban J connectivity index is 2.68. The van der Waals surface area contributed by atoms with Gasteiger partial charge in [0.1, 0.15) is 0 Å². The third-order valence-corrected chi connectivity index (χ3v) is 2.77. The Labute approximate surface area is 113 Å². The number of benzene rings is 1. The van der Waals surface area contributed by atoms with Gasteiger partial charge in [0, 0.05) is 6.07 Å². The Hall–Kier alpha value is -2.57. The van der Waals surface area contributed by atoms with Gasteiger partial charge in [0.05, 0.1) is 19.8 Å². The van der Waals surface area contributed by atoms with E-state index in [-0.39, 0.29) is 23.0 Å². The molecule has 1 heterocycles. The van der Waals surface area contributed by atoms with Gasteiger partial charge < -0.3 is 19.1 Å². The number of hydrogen-bond acceptors (Lipinski definition) is 5. The van der Waals surface area contributed by atoms with Crippen molar-refractivity contribution in [2.45, 2.75) is 6.92 Å². The first-order chi connectivity index (χ1) is 9.49. The number of hydrogen-bond donors (Lipinski definition) is 1. The fourth-order valence-corrected chi connectivity index (χ4v) is 1.91. The van der Waals surface area contributed by atoms with Crippen LogP contribution in [0.2, 0.25) is 0 Å². The summed E-state index contributed by atoms with van der Waals surface area (Å²) in [6.07, 6.45) is 0. The highest BCUT2D eigenvalue weighted by Crippen LogP contribution is 2.42. The van der Waals surface area contributed by atoms with E-state index in [1.165, 1.54) is 26.4 Å². The second kappa shape index (κ2) is 5.20. The van der Waals surface area contributed by atoms with Crippen molar-refractivity contribution in [2.75, 3.05) is 14.2 Å². The molecule has 0 atom stereocenters. The molecule has 7 heteroatoms. The Morgan fingerprint density at radius 2 is 1.95 bits per heavy atom. The van der Waals surface area contributed by atoms with Gasteiger partial charge in [-0.3, -0.25) is 0 Å². The SMILES string of the molecule is COc1c(F)cc(C)c(-c2cc(C(=O)O)no2)c1OC. The summed E-state index contributed by atoms with van der Waals surface area (Å²) in [5, 5.41) is 12.3. The molecule has 0 saturated heterocycles. The van der Waals surface area contributed by atoms with Crippen molar-refractivity contribution in [3.05, 3.63) is 29.2 Å². The molecule has 2 rings (SSSR count). The van der Waals surface area contributed by atoms with Crippen LogP contribution in [0.4, 0.5) is 4.39 Å². The lowest BCUT2D eigenvalue weighted by Crippen LogP contribution is -1.98. The fraction of sp³-hybridized carbons (Fsp3) is 0.231. The molecule has 0 aliphatic rings. The molecule has 2 aromatic rings. The molecule has 0 saturated carbocycles. The van der Waals surface area contributed by atoms with Gasteiger partial charge in [-0.2, -0.15) is 0 Å². The monoisotopic (exact) mass is 281 g/mol. The summed E-state index contributed by atoms with van der Waals surface area (Å²) in [6.45, 7) is 1.64. The molecule has 1 aromatic heterocycles. The Morgan fingerprint density at radius 1 is 1.30 bits per heavy atom. The van der Waals surface area contributed by atoms with Gasteiger partial charge in [0.15, 0.2) is 28.8 Å². The van der Waals surface area contributed by atoms with E-state index in [2.05, 4.69) is 5.16 Å². The normalized spacial score (nSPS) is 10.4. The first kappa shape index (κ1) is 13.9. The largest absolute Gasteiger partial charge is 0.492 e. The van der Waals surface area contributed by atoms with E-state index in [0.717, 1.165) is 0 Å². The molecule has 0 aliphatic carbocycles. The number of carbonyl (C=O) groups is 1. The number of aromatic nitrogens is 1. The van der Waals surface area contributed by atoms with Crippen LogP contribution in [0.25, 0.3) is 11.3 Å². The lowest BCUT2D eigenvalue weighted by molar-refractivity contribution is 0.0686. The summed E-state index contributed by atoms with van der Waals surface area (Å²) < 4.78 is 28.9. The molecular weight excluding hydrogens is 269 g/mol. The summed E-state index contributed by atoms with van der Waals surface area (Å²) in [6, 6.07) is 2.49. The van der Waals surface area contributed by atoms with E-state index < -0.39 is 11.8 Å². The average Bonchev–Trinajstić information content (AvgIpc) is 2.87. The van der Waals surface area contributed by atoms with Crippen LogP contribution in [-0.2, 0) is 0 Å². The van der Waals surface area contributed by atoms with Crippen molar-refractivity contribution >= 4 is 5.97 Å². The Bertz CT molecular complexity index is 665. The van der Waals surface area contributed by atoms with E-state index in [1.54, 1.807) is 6.92 Å². The highest BCUT2D eigenvalue weighted by molar-refractivity contribution is 5.87. The predicted molar refractivity (Wildman–Crippen MR) is 66.7 cm³/mol. The molecule has 1 aromatic carbocycles. The molecule has 0 spiro atoms. The minimum atomic E-state index is -1.22. The van der Waals surface area contributed by atoms with E-state index >= 15 is 0 Å². The van der Waals surface area contributed by atoms with Gasteiger partial charge in [0.25, 0.3) is 0 Å². The van der Waals surface area contributed by atoms with Gasteiger partial charge in [-0.15, -0.1) is 0 Å². The maximum Gasteiger partial charge on any atom is 0.358 e. The van der Waals surface area contributed by atoms with Crippen LogP contribution in [-0.4, -0.2) is 30.5 Å². The molecule has 6 nitrogen and oxygen atoms in total. The summed E-state index contributed by atoms with van der Waals surface area (Å²) >= 11 is 0. The maximum absolute atomic E-state index is 13.8. The predicted octanol–water partition coefficient (Wildman–Crippen LogP) is 2.50. The zero-order valence-electron chi connectivity index (χ0n) is 11.1. The summed E-state index contributed by atoms with van der Waals surface area (Å²) in [4.78, 5) is 10.8. The van der Waals surface area contributed by atoms with Crippen molar-refractivity contribution < 1.29 is 28.3 Å². The first-order valence-electron chi connectivity index (χ1n) is 5.61. The maximum atomic E-state index is 13.8. The van der Waals surface area contributed by atoms with Gasteiger partial charge in [-0.05, 0) is 18.6 Å². The van der Waals surface area contributed by atoms with E-state index in [4.69, 9.17) is 19.1 Å². The number of ether oxygens (including phenoxy) is 2. The number of carboxylic acid groups (broad SMARTS) is 1. The molecule has 1 N–H and O–H groups in total. The molecule has 0 unspecified atom stereocenters. The van der Waals surface area contributed by atoms with Crippen molar-refractivity contribution in [1.82, 2.24) is 5.16 Å². The number of aryl methyl sites for hydroxylation is 1. The molecule has 0 fully saturated rings. The number of halogens is 1. The highest BCUT2D eigenvalue weighted by atomic mass is 19.1. The van der Waals surface area contributed by atoms with Crippen LogP contribution >= 0.6 is 0 Å². The third-order valence-electron chi connectivity index (χ3n) is 2.77. The van der Waals surface area contributed by atoms with Crippen LogP contribution in [0.15, 0.2) is 16.7 Å². The minimum Gasteiger partial charge on any atom is -0.492 e. The standard InChI is InChI=1S/C13H12FNO5/c1-6-4-7(14)11(18-2)12(19-3)10(6)9-5-8(13(16)17)15-20-9/h4-5H,1-3H3,(H,16,17). The first-order valence-corrected chi connectivity index (χ1v) is 5.61. The van der Waals surface area contributed by atoms with Crippen molar-refractivity contribution in [3.63, 3.8) is 0 Å². The van der Waals surface area contributed by atoms with E-state index in [0.29, 0.717) is 11.1 Å². The number of aromatic carboxylic acids is 1. The minimum absolute atomic E-state index is 0.0821. The molecular formula is C13H12FNO5. The second-order valence-corrected chi connectivity index (χ2v) is 4.00. The number of nitrogens with zero attached hydrogens (tertiary/aromatic N) is 1. The van der Waals surface area contributed by atoms with Crippen molar-refractivity contribution in [3.8, 4) is 22.8 Å². The lowest BCUT2D eigenvalue weighted by Gasteiger charge is -2.14. The van der Waals surface area contributed by atoms with Crippen molar-refractivity contribution in [1.29, 1.82) is 0 Å². The average molecular weight is 281 g/mol. The van der Waals surface area contributed by atoms with Crippen molar-refractivity contribution in [2.24, 2.45) is 0 Å². The summed E-state index contributed by atoms with van der Waals surface area (Å²) in [5.74, 6) is -1.59. The summed E-state index contributed by atoms with van der Waals surface area (Å²) in [7, 11) is 2.66. The molecule has 0 aliphatic heterocycles.